The van der Waals surface area contributed by atoms with Crippen LogP contribution in [0.1, 0.15) is 36.7 Å². The lowest BCUT2D eigenvalue weighted by Gasteiger charge is -2.13. The lowest BCUT2D eigenvalue weighted by atomic mass is 9.90. The van der Waals surface area contributed by atoms with Gasteiger partial charge >= 0.3 is 5.97 Å². The molecule has 0 amide bonds. The molecule has 0 aliphatic carbocycles. The molecule has 88 valence electrons. The summed E-state index contributed by atoms with van der Waals surface area (Å²) >= 11 is 0. The number of allylic oxidation sites excluding steroid dienone is 1. The number of nitrogens with zero attached hydrogens (tertiary/aromatic N) is 1. The number of hydrogen-bond donors (Lipinski definition) is 0. The molecule has 1 aromatic heterocycles. The maximum Gasteiger partial charge on any atom is 0.345 e. The number of ketones is 1. The Kier molecular flexibility index (Phi) is 2.58. The molecular weight excluding hydrogens is 218 g/mol. The van der Waals surface area contributed by atoms with Crippen molar-refractivity contribution in [3.63, 3.8) is 0 Å². The molecule has 0 atom stereocenters. The molecule has 0 fully saturated rings. The van der Waals surface area contributed by atoms with Crippen molar-refractivity contribution in [1.82, 2.24) is 4.98 Å². The van der Waals surface area contributed by atoms with Gasteiger partial charge in [0.2, 0.25) is 0 Å². The first-order valence-electron chi connectivity index (χ1n) is 5.32. The topological polar surface area (TPSA) is 56.3 Å². The number of ether oxygens (including phenoxy) is 1. The average Bonchev–Trinajstić information content (AvgIpc) is 2.56. The Morgan fingerprint density at radius 3 is 2.71 bits per heavy atom. The first-order valence-corrected chi connectivity index (χ1v) is 5.32. The number of rotatable bonds is 1. The Hall–Kier alpha value is -1.97. The zero-order valence-corrected chi connectivity index (χ0v) is 9.98. The summed E-state index contributed by atoms with van der Waals surface area (Å²) in [6, 6.07) is 1.67. The second-order valence-corrected chi connectivity index (χ2v) is 4.93. The van der Waals surface area contributed by atoms with Gasteiger partial charge in [0, 0.05) is 29.4 Å². The molecule has 0 aromatic carbocycles. The summed E-state index contributed by atoms with van der Waals surface area (Å²) in [6.45, 7) is 5.45. The summed E-state index contributed by atoms with van der Waals surface area (Å²) in [5, 5.41) is 0. The van der Waals surface area contributed by atoms with E-state index < -0.39 is 11.4 Å². The molecule has 2 heterocycles. The Bertz CT molecular complexity index is 524. The van der Waals surface area contributed by atoms with Gasteiger partial charge in [-0.25, -0.2) is 4.79 Å². The molecule has 0 spiro atoms. The smallest absolute Gasteiger partial charge is 0.345 e. The van der Waals surface area contributed by atoms with Gasteiger partial charge in [0.25, 0.3) is 0 Å². The summed E-state index contributed by atoms with van der Waals surface area (Å²) in [5.41, 5.74) is 0.540. The van der Waals surface area contributed by atoms with Crippen LogP contribution in [-0.4, -0.2) is 16.7 Å². The van der Waals surface area contributed by atoms with E-state index in [-0.39, 0.29) is 5.78 Å². The van der Waals surface area contributed by atoms with Crippen molar-refractivity contribution >= 4 is 17.5 Å². The van der Waals surface area contributed by atoms with Gasteiger partial charge in [-0.05, 0) is 6.07 Å². The van der Waals surface area contributed by atoms with Crippen LogP contribution in [0.2, 0.25) is 0 Å². The van der Waals surface area contributed by atoms with Gasteiger partial charge in [0.05, 0.1) is 5.56 Å². The van der Waals surface area contributed by atoms with Crippen LogP contribution >= 0.6 is 0 Å². The summed E-state index contributed by atoms with van der Waals surface area (Å²) < 4.78 is 5.06. The lowest BCUT2D eigenvalue weighted by Crippen LogP contribution is -2.17. The maximum absolute atomic E-state index is 11.9. The number of fused-ring (bicyclic) bond motifs is 1. The summed E-state index contributed by atoms with van der Waals surface area (Å²) in [4.78, 5) is 27.2. The highest BCUT2D eigenvalue weighted by molar-refractivity contribution is 6.07. The highest BCUT2D eigenvalue weighted by Crippen LogP contribution is 2.30. The predicted molar refractivity (Wildman–Crippen MR) is 62.1 cm³/mol. The first-order chi connectivity index (χ1) is 7.89. The number of cyclic esters (lactones) is 1. The minimum atomic E-state index is -0.491. The highest BCUT2D eigenvalue weighted by atomic mass is 16.5. The number of esters is 1. The summed E-state index contributed by atoms with van der Waals surface area (Å²) in [6.07, 6.45) is 4.39. The zero-order chi connectivity index (χ0) is 12.6. The molecule has 0 unspecified atom stereocenters. The molecule has 4 heteroatoms. The quantitative estimate of drug-likeness (QED) is 0.549. The molecular formula is C13H13NO3. The standard InChI is InChI=1S/C13H13NO3/c1-13(2,3)11(15)6-10-8-4-5-14-7-9(8)12(16)17-10/h4-7H,1-3H3/b10-6-. The fraction of sp³-hybridized carbons (Fsp3) is 0.308. The van der Waals surface area contributed by atoms with Crippen molar-refractivity contribution in [1.29, 1.82) is 0 Å². The molecule has 0 saturated carbocycles. The molecule has 4 nitrogen and oxygen atoms in total. The zero-order valence-electron chi connectivity index (χ0n) is 9.98. The SMILES string of the molecule is CC(C)(C)C(=O)/C=C1\OC(=O)c2cnccc21. The van der Waals surface area contributed by atoms with Crippen LogP contribution in [0.4, 0.5) is 0 Å². The third kappa shape index (κ3) is 2.11. The Morgan fingerprint density at radius 2 is 2.06 bits per heavy atom. The minimum Gasteiger partial charge on any atom is -0.422 e. The van der Waals surface area contributed by atoms with E-state index in [4.69, 9.17) is 4.74 Å². The monoisotopic (exact) mass is 231 g/mol. The number of hydrogen-bond acceptors (Lipinski definition) is 4. The summed E-state index contributed by atoms with van der Waals surface area (Å²) in [5.74, 6) is -0.224. The molecule has 2 rings (SSSR count). The molecule has 1 aliphatic rings. The van der Waals surface area contributed by atoms with Gasteiger partial charge < -0.3 is 4.74 Å². The average molecular weight is 231 g/mol. The van der Waals surface area contributed by atoms with Gasteiger partial charge in [0.1, 0.15) is 5.76 Å². The van der Waals surface area contributed by atoms with Crippen molar-refractivity contribution in [2.45, 2.75) is 20.8 Å². The fourth-order valence-corrected chi connectivity index (χ4v) is 1.42. The molecule has 1 aromatic rings. The van der Waals surface area contributed by atoms with E-state index in [2.05, 4.69) is 4.98 Å². The molecule has 0 saturated heterocycles. The largest absolute Gasteiger partial charge is 0.422 e. The lowest BCUT2D eigenvalue weighted by molar-refractivity contribution is -0.121. The van der Waals surface area contributed by atoms with Crippen LogP contribution in [0.15, 0.2) is 24.5 Å². The maximum atomic E-state index is 11.9. The van der Waals surface area contributed by atoms with Crippen molar-refractivity contribution in [3.05, 3.63) is 35.7 Å². The predicted octanol–water partition coefficient (Wildman–Crippen LogP) is 2.21. The van der Waals surface area contributed by atoms with Crippen LogP contribution in [0.5, 0.6) is 0 Å². The molecule has 1 aliphatic heterocycles. The van der Waals surface area contributed by atoms with Crippen LogP contribution in [0.25, 0.3) is 5.76 Å². The van der Waals surface area contributed by atoms with Crippen LogP contribution in [0, 0.1) is 5.41 Å². The Balaban J connectivity index is 2.42. The molecule has 0 radical (unpaired) electrons. The van der Waals surface area contributed by atoms with Crippen molar-refractivity contribution < 1.29 is 14.3 Å². The van der Waals surface area contributed by atoms with E-state index in [0.29, 0.717) is 16.9 Å². The minimum absolute atomic E-state index is 0.0787. The van der Waals surface area contributed by atoms with E-state index in [1.54, 1.807) is 12.3 Å². The number of aromatic nitrogens is 1. The number of carbonyl (C=O) groups is 2. The summed E-state index contributed by atoms with van der Waals surface area (Å²) in [7, 11) is 0. The fourth-order valence-electron chi connectivity index (χ4n) is 1.42. The Labute approximate surface area is 99.3 Å². The van der Waals surface area contributed by atoms with Gasteiger partial charge in [-0.2, -0.15) is 0 Å². The van der Waals surface area contributed by atoms with E-state index >= 15 is 0 Å². The van der Waals surface area contributed by atoms with Crippen LogP contribution < -0.4 is 0 Å². The Morgan fingerprint density at radius 1 is 1.35 bits per heavy atom. The van der Waals surface area contributed by atoms with Gasteiger partial charge in [-0.3, -0.25) is 9.78 Å². The van der Waals surface area contributed by atoms with E-state index in [1.807, 2.05) is 20.8 Å². The first kappa shape index (κ1) is 11.5. The van der Waals surface area contributed by atoms with Gasteiger partial charge in [-0.1, -0.05) is 20.8 Å². The van der Waals surface area contributed by atoms with Crippen LogP contribution in [-0.2, 0) is 9.53 Å². The number of carbonyl (C=O) groups excluding carboxylic acids is 2. The second kappa shape index (κ2) is 3.80. The number of pyridine rings is 1. The third-order valence-corrected chi connectivity index (χ3v) is 2.51. The molecule has 17 heavy (non-hydrogen) atoms. The van der Waals surface area contributed by atoms with Gasteiger partial charge in [0.15, 0.2) is 5.78 Å². The van der Waals surface area contributed by atoms with E-state index in [9.17, 15) is 9.59 Å². The van der Waals surface area contributed by atoms with E-state index in [0.717, 1.165) is 0 Å². The second-order valence-electron chi connectivity index (χ2n) is 4.93. The van der Waals surface area contributed by atoms with Gasteiger partial charge in [-0.15, -0.1) is 0 Å². The molecule has 0 bridgehead atoms. The van der Waals surface area contributed by atoms with Crippen molar-refractivity contribution in [3.8, 4) is 0 Å². The normalized spacial score (nSPS) is 16.9. The van der Waals surface area contributed by atoms with Crippen molar-refractivity contribution in [2.75, 3.05) is 0 Å². The van der Waals surface area contributed by atoms with Crippen molar-refractivity contribution in [2.24, 2.45) is 5.41 Å². The highest BCUT2D eigenvalue weighted by Gasteiger charge is 2.29. The third-order valence-electron chi connectivity index (χ3n) is 2.51. The van der Waals surface area contributed by atoms with E-state index in [1.165, 1.54) is 12.3 Å². The van der Waals surface area contributed by atoms with Crippen LogP contribution in [0.3, 0.4) is 0 Å². The molecule has 0 N–H and O–H groups in total.